The zero-order chi connectivity index (χ0) is 22.9. The van der Waals surface area contributed by atoms with Crippen molar-refractivity contribution < 1.29 is 14.2 Å². The van der Waals surface area contributed by atoms with E-state index in [0.717, 1.165) is 22.4 Å². The van der Waals surface area contributed by atoms with E-state index in [-0.39, 0.29) is 6.61 Å². The molecule has 3 aromatic carbocycles. The number of rotatable bonds is 10. The minimum Gasteiger partial charge on any atom is -0.496 e. The molecule has 0 saturated carbocycles. The summed E-state index contributed by atoms with van der Waals surface area (Å²) >= 11 is 18.7. The first-order chi connectivity index (χ1) is 15.5. The van der Waals surface area contributed by atoms with Crippen LogP contribution in [-0.2, 0) is 13.2 Å². The summed E-state index contributed by atoms with van der Waals surface area (Å²) in [5, 5.41) is 5.78. The van der Waals surface area contributed by atoms with E-state index in [9.17, 15) is 0 Å². The van der Waals surface area contributed by atoms with Gasteiger partial charge in [-0.3, -0.25) is 0 Å². The van der Waals surface area contributed by atoms with Crippen molar-refractivity contribution in [2.45, 2.75) is 20.1 Å². The summed E-state index contributed by atoms with van der Waals surface area (Å²) in [7, 11) is 1.64. The smallest absolute Gasteiger partial charge is 0.180 e. The van der Waals surface area contributed by atoms with Crippen LogP contribution in [0.2, 0.25) is 15.1 Å². The molecule has 0 aliphatic heterocycles. The number of methoxy groups -OCH3 is 1. The van der Waals surface area contributed by atoms with Gasteiger partial charge in [-0.15, -0.1) is 0 Å². The lowest BCUT2D eigenvalue weighted by atomic mass is 10.2. The van der Waals surface area contributed by atoms with Gasteiger partial charge in [-0.25, -0.2) is 0 Å². The summed E-state index contributed by atoms with van der Waals surface area (Å²) in [6, 6.07) is 16.6. The summed E-state index contributed by atoms with van der Waals surface area (Å²) in [4.78, 5) is 0. The Kier molecular flexibility index (Phi) is 8.91. The Morgan fingerprint density at radius 3 is 2.47 bits per heavy atom. The monoisotopic (exact) mass is 492 g/mol. The van der Waals surface area contributed by atoms with Gasteiger partial charge in [0, 0.05) is 21.2 Å². The second kappa shape index (κ2) is 11.9. The summed E-state index contributed by atoms with van der Waals surface area (Å²) in [5.74, 6) is 1.77. The largest absolute Gasteiger partial charge is 0.496 e. The number of hydrogen-bond acceptors (Lipinski definition) is 5. The zero-order valence-corrected chi connectivity index (χ0v) is 20.0. The normalized spacial score (nSPS) is 10.9. The molecule has 3 aromatic rings. The Labute approximate surface area is 202 Å². The van der Waals surface area contributed by atoms with Gasteiger partial charge in [0.2, 0.25) is 0 Å². The predicted molar refractivity (Wildman–Crippen MR) is 131 cm³/mol. The van der Waals surface area contributed by atoms with Gasteiger partial charge in [-0.05, 0) is 42.8 Å². The van der Waals surface area contributed by atoms with Gasteiger partial charge < -0.3 is 19.6 Å². The number of hydrazone groups is 1. The third kappa shape index (κ3) is 6.45. The van der Waals surface area contributed by atoms with Crippen molar-refractivity contribution in [2.75, 3.05) is 13.7 Å². The van der Waals surface area contributed by atoms with Crippen molar-refractivity contribution in [2.24, 2.45) is 5.10 Å². The van der Waals surface area contributed by atoms with Gasteiger partial charge in [0.25, 0.3) is 0 Å². The topological polar surface area (TPSA) is 52.1 Å². The summed E-state index contributed by atoms with van der Waals surface area (Å²) in [6.45, 7) is 3.10. The minimum absolute atomic E-state index is 0.226. The molecular weight excluding hydrogens is 471 g/mol. The van der Waals surface area contributed by atoms with Crippen LogP contribution in [0.25, 0.3) is 0 Å². The molecule has 0 bridgehead atoms. The molecule has 32 heavy (non-hydrogen) atoms. The van der Waals surface area contributed by atoms with Crippen molar-refractivity contribution in [1.82, 2.24) is 5.43 Å². The quantitative estimate of drug-likeness (QED) is 0.250. The molecule has 0 fully saturated rings. The fraction of sp³-hybridized carbons (Fsp3) is 0.208. The third-order valence-electron chi connectivity index (χ3n) is 4.49. The fourth-order valence-electron chi connectivity index (χ4n) is 2.95. The number of nitrogens with one attached hydrogen (secondary N) is 1. The Balaban J connectivity index is 1.70. The lowest BCUT2D eigenvalue weighted by Crippen LogP contribution is -2.07. The highest BCUT2D eigenvalue weighted by Crippen LogP contribution is 2.37. The van der Waals surface area contributed by atoms with Crippen molar-refractivity contribution in [3.8, 4) is 17.2 Å². The first-order valence-electron chi connectivity index (χ1n) is 9.92. The molecule has 8 heteroatoms. The molecule has 5 nitrogen and oxygen atoms in total. The van der Waals surface area contributed by atoms with Crippen LogP contribution in [0.1, 0.15) is 23.6 Å². The van der Waals surface area contributed by atoms with Crippen molar-refractivity contribution in [3.05, 3.63) is 86.4 Å². The molecular formula is C24H23Cl3N2O3. The van der Waals surface area contributed by atoms with E-state index in [1.54, 1.807) is 31.5 Å². The highest BCUT2D eigenvalue weighted by atomic mass is 35.5. The second-order valence-corrected chi connectivity index (χ2v) is 7.94. The fourth-order valence-corrected chi connectivity index (χ4v) is 3.69. The first-order valence-corrected chi connectivity index (χ1v) is 11.1. The lowest BCUT2D eigenvalue weighted by Gasteiger charge is -2.15. The van der Waals surface area contributed by atoms with Crippen LogP contribution in [0, 0.1) is 0 Å². The number of benzene rings is 3. The number of para-hydroxylation sites is 1. The van der Waals surface area contributed by atoms with Crippen LogP contribution in [0.4, 0.5) is 0 Å². The maximum absolute atomic E-state index is 6.49. The molecule has 168 valence electrons. The number of halogens is 3. The first kappa shape index (κ1) is 24.1. The van der Waals surface area contributed by atoms with Crippen LogP contribution in [0.3, 0.4) is 0 Å². The average molecular weight is 494 g/mol. The summed E-state index contributed by atoms with van der Waals surface area (Å²) in [5.41, 5.74) is 5.58. The SMILES string of the molecule is CCOc1cc(/C=N/NCc2ccccc2OC)cc(Cl)c1OCc1ccc(Cl)cc1Cl. The minimum atomic E-state index is 0.226. The summed E-state index contributed by atoms with van der Waals surface area (Å²) in [6.07, 6.45) is 1.67. The second-order valence-electron chi connectivity index (χ2n) is 6.69. The van der Waals surface area contributed by atoms with Crippen LogP contribution < -0.4 is 19.6 Å². The van der Waals surface area contributed by atoms with E-state index >= 15 is 0 Å². The van der Waals surface area contributed by atoms with Gasteiger partial charge in [0.1, 0.15) is 12.4 Å². The molecule has 0 aliphatic rings. The van der Waals surface area contributed by atoms with E-state index in [2.05, 4.69) is 10.5 Å². The number of nitrogens with zero attached hydrogens (tertiary/aromatic N) is 1. The van der Waals surface area contributed by atoms with E-state index in [1.165, 1.54) is 0 Å². The summed E-state index contributed by atoms with van der Waals surface area (Å²) < 4.78 is 17.0. The Morgan fingerprint density at radius 1 is 0.906 bits per heavy atom. The van der Waals surface area contributed by atoms with E-state index in [4.69, 9.17) is 49.0 Å². The molecule has 0 saturated heterocycles. The predicted octanol–water partition coefficient (Wildman–Crippen LogP) is 6.76. The van der Waals surface area contributed by atoms with Crippen LogP contribution in [0.5, 0.6) is 17.2 Å². The van der Waals surface area contributed by atoms with Gasteiger partial charge in [-0.1, -0.05) is 59.1 Å². The van der Waals surface area contributed by atoms with Gasteiger partial charge in [0.05, 0.1) is 31.5 Å². The molecule has 0 amide bonds. The molecule has 0 unspecified atom stereocenters. The molecule has 0 spiro atoms. The lowest BCUT2D eigenvalue weighted by molar-refractivity contribution is 0.269. The Bertz CT molecular complexity index is 1090. The number of ether oxygens (including phenoxy) is 3. The van der Waals surface area contributed by atoms with Crippen molar-refractivity contribution in [3.63, 3.8) is 0 Å². The van der Waals surface area contributed by atoms with Crippen molar-refractivity contribution in [1.29, 1.82) is 0 Å². The average Bonchev–Trinajstić information content (AvgIpc) is 2.78. The molecule has 0 aromatic heterocycles. The maximum Gasteiger partial charge on any atom is 0.180 e. The maximum atomic E-state index is 6.49. The molecule has 0 heterocycles. The van der Waals surface area contributed by atoms with E-state index in [0.29, 0.717) is 39.7 Å². The van der Waals surface area contributed by atoms with E-state index in [1.807, 2.05) is 43.3 Å². The van der Waals surface area contributed by atoms with Gasteiger partial charge in [0.15, 0.2) is 11.5 Å². The highest BCUT2D eigenvalue weighted by Gasteiger charge is 2.13. The van der Waals surface area contributed by atoms with E-state index < -0.39 is 0 Å². The molecule has 0 radical (unpaired) electrons. The zero-order valence-electron chi connectivity index (χ0n) is 17.7. The number of hydrogen-bond donors (Lipinski definition) is 1. The Morgan fingerprint density at radius 2 is 1.72 bits per heavy atom. The highest BCUT2D eigenvalue weighted by molar-refractivity contribution is 6.35. The van der Waals surface area contributed by atoms with Crippen LogP contribution >= 0.6 is 34.8 Å². The molecule has 0 atom stereocenters. The van der Waals surface area contributed by atoms with Crippen molar-refractivity contribution >= 4 is 41.0 Å². The molecule has 3 rings (SSSR count). The molecule has 0 aliphatic carbocycles. The van der Waals surface area contributed by atoms with Gasteiger partial charge in [-0.2, -0.15) is 5.10 Å². The molecule has 1 N–H and O–H groups in total. The Hall–Kier alpha value is -2.60. The third-order valence-corrected chi connectivity index (χ3v) is 5.35. The van der Waals surface area contributed by atoms with Crippen LogP contribution in [0.15, 0.2) is 59.7 Å². The van der Waals surface area contributed by atoms with Gasteiger partial charge >= 0.3 is 0 Å². The standard InChI is InChI=1S/C24H23Cl3N2O3/c1-3-31-23-11-16(13-28-29-14-17-6-4-5-7-22(17)30-2)10-21(27)24(23)32-15-18-8-9-19(25)12-20(18)26/h4-13,29H,3,14-15H2,1-2H3/b28-13+. The van der Waals surface area contributed by atoms with Crippen LogP contribution in [-0.4, -0.2) is 19.9 Å².